The van der Waals surface area contributed by atoms with Crippen molar-refractivity contribution in [2.75, 3.05) is 19.6 Å². The van der Waals surface area contributed by atoms with Crippen molar-refractivity contribution in [3.8, 4) is 0 Å². The van der Waals surface area contributed by atoms with Crippen LogP contribution in [0.15, 0.2) is 24.3 Å². The molecule has 0 fully saturated rings. The molecule has 0 saturated carbocycles. The summed E-state index contributed by atoms with van der Waals surface area (Å²) < 4.78 is 0. The first kappa shape index (κ1) is 15.5. The van der Waals surface area contributed by atoms with Crippen molar-refractivity contribution < 1.29 is 0 Å². The zero-order valence-corrected chi connectivity index (χ0v) is 12.5. The smallest absolute Gasteiger partial charge is 0.00186 e. The van der Waals surface area contributed by atoms with E-state index in [-0.39, 0.29) is 0 Å². The standard InChI is InChI=1S/C17H31N/c1-4-6-10-17(8-5-2)12-15-18-13-7-9-16(3)11-14-18/h4,9,17H,1,5-8,10-15H2,2-3H3. The molecule has 18 heavy (non-hydrogen) atoms. The van der Waals surface area contributed by atoms with Crippen LogP contribution in [0.3, 0.4) is 0 Å². The Labute approximate surface area is 114 Å². The SMILES string of the molecule is C=CCCC(CCC)CCN1CCC=C(C)CC1. The molecule has 1 nitrogen and oxygen atoms in total. The average Bonchev–Trinajstić information content (AvgIpc) is 2.58. The summed E-state index contributed by atoms with van der Waals surface area (Å²) in [4.78, 5) is 2.66. The van der Waals surface area contributed by atoms with Crippen LogP contribution in [0.2, 0.25) is 0 Å². The summed E-state index contributed by atoms with van der Waals surface area (Å²) in [5.41, 5.74) is 1.58. The third-order valence-electron chi connectivity index (χ3n) is 4.09. The molecule has 104 valence electrons. The predicted octanol–water partition coefficient (Wildman–Crippen LogP) is 4.80. The van der Waals surface area contributed by atoms with Crippen molar-refractivity contribution in [1.82, 2.24) is 4.90 Å². The van der Waals surface area contributed by atoms with Crippen molar-refractivity contribution in [3.63, 3.8) is 0 Å². The van der Waals surface area contributed by atoms with E-state index in [0.29, 0.717) is 0 Å². The van der Waals surface area contributed by atoms with Gasteiger partial charge in [-0.25, -0.2) is 0 Å². The minimum Gasteiger partial charge on any atom is -0.303 e. The van der Waals surface area contributed by atoms with Gasteiger partial charge in [0.05, 0.1) is 0 Å². The fourth-order valence-electron chi connectivity index (χ4n) is 2.83. The maximum atomic E-state index is 3.85. The second-order valence-corrected chi connectivity index (χ2v) is 5.74. The molecule has 0 aromatic heterocycles. The van der Waals surface area contributed by atoms with Crippen LogP contribution in [0, 0.1) is 5.92 Å². The molecule has 1 heterocycles. The van der Waals surface area contributed by atoms with Crippen LogP contribution in [-0.2, 0) is 0 Å². The topological polar surface area (TPSA) is 3.24 Å². The molecule has 0 aliphatic carbocycles. The van der Waals surface area contributed by atoms with Crippen LogP contribution in [0.5, 0.6) is 0 Å². The highest BCUT2D eigenvalue weighted by atomic mass is 15.1. The largest absolute Gasteiger partial charge is 0.303 e. The zero-order valence-electron chi connectivity index (χ0n) is 12.5. The molecule has 0 spiro atoms. The van der Waals surface area contributed by atoms with Gasteiger partial charge in [-0.15, -0.1) is 6.58 Å². The quantitative estimate of drug-likeness (QED) is 0.558. The first-order valence-electron chi connectivity index (χ1n) is 7.75. The van der Waals surface area contributed by atoms with E-state index in [2.05, 4.69) is 37.5 Å². The maximum Gasteiger partial charge on any atom is 0.00186 e. The summed E-state index contributed by atoms with van der Waals surface area (Å²) in [6.07, 6.45) is 13.6. The highest BCUT2D eigenvalue weighted by molar-refractivity contribution is 5.00. The van der Waals surface area contributed by atoms with Crippen molar-refractivity contribution in [2.24, 2.45) is 5.92 Å². The molecule has 1 aliphatic heterocycles. The van der Waals surface area contributed by atoms with E-state index in [0.717, 1.165) is 5.92 Å². The third kappa shape index (κ3) is 6.39. The number of nitrogens with zero attached hydrogens (tertiary/aromatic N) is 1. The normalized spacial score (nSPS) is 19.1. The van der Waals surface area contributed by atoms with Crippen molar-refractivity contribution in [1.29, 1.82) is 0 Å². The molecule has 0 amide bonds. The monoisotopic (exact) mass is 249 g/mol. The van der Waals surface area contributed by atoms with Crippen molar-refractivity contribution in [3.05, 3.63) is 24.3 Å². The molecule has 0 aromatic rings. The van der Waals surface area contributed by atoms with E-state index in [9.17, 15) is 0 Å². The van der Waals surface area contributed by atoms with Crippen LogP contribution in [0.4, 0.5) is 0 Å². The second-order valence-electron chi connectivity index (χ2n) is 5.74. The third-order valence-corrected chi connectivity index (χ3v) is 4.09. The molecule has 0 N–H and O–H groups in total. The zero-order chi connectivity index (χ0) is 13.2. The molecule has 1 aliphatic rings. The fraction of sp³-hybridized carbons (Fsp3) is 0.765. The van der Waals surface area contributed by atoms with Crippen LogP contribution < -0.4 is 0 Å². The Morgan fingerprint density at radius 3 is 2.89 bits per heavy atom. The molecule has 1 heteroatoms. The van der Waals surface area contributed by atoms with Gasteiger partial charge in [-0.05, 0) is 51.5 Å². The summed E-state index contributed by atoms with van der Waals surface area (Å²) in [6.45, 7) is 12.2. The van der Waals surface area contributed by atoms with E-state index in [1.54, 1.807) is 5.57 Å². The molecule has 0 saturated heterocycles. The van der Waals surface area contributed by atoms with Gasteiger partial charge in [0, 0.05) is 13.1 Å². The second kappa shape index (κ2) is 9.38. The van der Waals surface area contributed by atoms with E-state index < -0.39 is 0 Å². The van der Waals surface area contributed by atoms with E-state index >= 15 is 0 Å². The van der Waals surface area contributed by atoms with Crippen LogP contribution in [0.25, 0.3) is 0 Å². The molecule has 1 rings (SSSR count). The molecule has 0 radical (unpaired) electrons. The maximum absolute atomic E-state index is 3.85. The fourth-order valence-corrected chi connectivity index (χ4v) is 2.83. The average molecular weight is 249 g/mol. The van der Waals surface area contributed by atoms with Gasteiger partial charge < -0.3 is 4.90 Å². The Morgan fingerprint density at radius 2 is 2.17 bits per heavy atom. The van der Waals surface area contributed by atoms with Crippen LogP contribution >= 0.6 is 0 Å². The van der Waals surface area contributed by atoms with Gasteiger partial charge in [-0.3, -0.25) is 0 Å². The van der Waals surface area contributed by atoms with Gasteiger partial charge in [-0.1, -0.05) is 37.5 Å². The molecule has 0 bridgehead atoms. The lowest BCUT2D eigenvalue weighted by molar-refractivity contribution is 0.253. The Morgan fingerprint density at radius 1 is 1.33 bits per heavy atom. The summed E-state index contributed by atoms with van der Waals surface area (Å²) >= 11 is 0. The van der Waals surface area contributed by atoms with Crippen molar-refractivity contribution >= 4 is 0 Å². The van der Waals surface area contributed by atoms with Gasteiger partial charge in [0.2, 0.25) is 0 Å². The van der Waals surface area contributed by atoms with Crippen LogP contribution in [0.1, 0.15) is 58.8 Å². The highest BCUT2D eigenvalue weighted by Gasteiger charge is 2.12. The van der Waals surface area contributed by atoms with E-state index in [1.165, 1.54) is 64.6 Å². The van der Waals surface area contributed by atoms with Gasteiger partial charge in [0.15, 0.2) is 0 Å². The molecule has 1 atom stereocenters. The predicted molar refractivity (Wildman–Crippen MR) is 81.9 cm³/mol. The molecular weight excluding hydrogens is 218 g/mol. The first-order chi connectivity index (χ1) is 8.76. The van der Waals surface area contributed by atoms with Gasteiger partial charge in [0.25, 0.3) is 0 Å². The summed E-state index contributed by atoms with van der Waals surface area (Å²) in [7, 11) is 0. The lowest BCUT2D eigenvalue weighted by Gasteiger charge is -2.23. The number of hydrogen-bond donors (Lipinski definition) is 0. The minimum absolute atomic E-state index is 0.908. The Bertz CT molecular complexity index is 254. The number of allylic oxidation sites excluding steroid dienone is 1. The molecule has 0 aromatic carbocycles. The van der Waals surface area contributed by atoms with E-state index in [1.807, 2.05) is 0 Å². The lowest BCUT2D eigenvalue weighted by Crippen LogP contribution is -2.27. The van der Waals surface area contributed by atoms with Crippen LogP contribution in [-0.4, -0.2) is 24.5 Å². The van der Waals surface area contributed by atoms with Gasteiger partial charge in [0.1, 0.15) is 0 Å². The van der Waals surface area contributed by atoms with Crippen molar-refractivity contribution in [2.45, 2.75) is 58.8 Å². The first-order valence-corrected chi connectivity index (χ1v) is 7.75. The minimum atomic E-state index is 0.908. The van der Waals surface area contributed by atoms with Gasteiger partial charge in [-0.2, -0.15) is 0 Å². The van der Waals surface area contributed by atoms with E-state index in [4.69, 9.17) is 0 Å². The Kier molecular flexibility index (Phi) is 8.08. The highest BCUT2D eigenvalue weighted by Crippen LogP contribution is 2.19. The Balaban J connectivity index is 2.25. The number of hydrogen-bond acceptors (Lipinski definition) is 1. The summed E-state index contributed by atoms with van der Waals surface area (Å²) in [5.74, 6) is 0.908. The summed E-state index contributed by atoms with van der Waals surface area (Å²) in [6, 6.07) is 0. The van der Waals surface area contributed by atoms with Gasteiger partial charge >= 0.3 is 0 Å². The molecule has 1 unspecified atom stereocenters. The number of rotatable bonds is 8. The lowest BCUT2D eigenvalue weighted by atomic mass is 9.94. The Hall–Kier alpha value is -0.560. The molecular formula is C17H31N. The summed E-state index contributed by atoms with van der Waals surface area (Å²) in [5, 5.41) is 0.